The zero-order valence-electron chi connectivity index (χ0n) is 10.2. The van der Waals surface area contributed by atoms with Gasteiger partial charge in [0.2, 0.25) is 0 Å². The molecule has 0 aromatic carbocycles. The Labute approximate surface area is 108 Å². The number of hydrogen-bond acceptors (Lipinski definition) is 4. The molecule has 0 saturated heterocycles. The smallest absolute Gasteiger partial charge is 0.400 e. The molecule has 11 heteroatoms. The summed E-state index contributed by atoms with van der Waals surface area (Å²) in [7, 11) is 1.00. The monoisotopic (exact) mass is 316 g/mol. The van der Waals surface area contributed by atoms with E-state index in [4.69, 9.17) is 5.11 Å². The van der Waals surface area contributed by atoms with Crippen LogP contribution in [0.15, 0.2) is 0 Å². The highest BCUT2D eigenvalue weighted by atomic mass is 19.4. The Morgan fingerprint density at radius 3 is 1.70 bits per heavy atom. The molecule has 0 atom stereocenters. The molecule has 0 bridgehead atoms. The Hall–Kier alpha value is -1.39. The lowest BCUT2D eigenvalue weighted by atomic mass is 10.1. The molecule has 0 heterocycles. The number of aliphatic hydroxyl groups excluding tert-OH is 1. The minimum Gasteiger partial charge on any atom is -0.400 e. The summed E-state index contributed by atoms with van der Waals surface area (Å²) in [5.74, 6) is -17.6. The minimum absolute atomic E-state index is 0.0351. The molecule has 0 aliphatic heterocycles. The Balaban J connectivity index is 0. The van der Waals surface area contributed by atoms with Gasteiger partial charge in [0.05, 0.1) is 0 Å². The highest BCUT2D eigenvalue weighted by Crippen LogP contribution is 2.46. The van der Waals surface area contributed by atoms with Crippen LogP contribution in [0.25, 0.3) is 0 Å². The van der Waals surface area contributed by atoms with E-state index in [-0.39, 0.29) is 6.42 Å². The van der Waals surface area contributed by atoms with Crippen molar-refractivity contribution in [1.29, 1.82) is 0 Å². The molecule has 0 fully saturated rings. The summed E-state index contributed by atoms with van der Waals surface area (Å²) in [5, 5.41) is 7.00. The second kappa shape index (κ2) is 7.41. The van der Waals surface area contributed by atoms with Crippen LogP contribution < -0.4 is 0 Å². The number of aliphatic hydroxyl groups is 1. The molecule has 0 aromatic heterocycles. The van der Waals surface area contributed by atoms with Gasteiger partial charge in [0.25, 0.3) is 0 Å². The van der Waals surface area contributed by atoms with Crippen molar-refractivity contribution in [2.24, 2.45) is 0 Å². The van der Waals surface area contributed by atoms with E-state index in [1.54, 1.807) is 0 Å². The van der Waals surface area contributed by atoms with E-state index >= 15 is 0 Å². The Bertz CT molecular complexity index is 338. The Morgan fingerprint density at radius 2 is 1.40 bits per heavy atom. The van der Waals surface area contributed by atoms with Gasteiger partial charge in [-0.25, -0.2) is 4.79 Å². The molecule has 0 amide bonds. The van der Waals surface area contributed by atoms with E-state index in [1.165, 1.54) is 6.92 Å². The van der Waals surface area contributed by atoms with Crippen molar-refractivity contribution >= 4 is 11.9 Å². The largest absolute Gasteiger partial charge is 0.460 e. The molecule has 1 N–H and O–H groups in total. The first kappa shape index (κ1) is 20.9. The van der Waals surface area contributed by atoms with E-state index in [9.17, 15) is 40.3 Å². The number of halogens is 7. The van der Waals surface area contributed by atoms with Crippen LogP contribution in [0.1, 0.15) is 19.8 Å². The zero-order valence-corrected chi connectivity index (χ0v) is 10.2. The van der Waals surface area contributed by atoms with Gasteiger partial charge in [-0.1, -0.05) is 6.92 Å². The summed E-state index contributed by atoms with van der Waals surface area (Å²) < 4.78 is 88.0. The van der Waals surface area contributed by atoms with Crippen molar-refractivity contribution in [3.05, 3.63) is 0 Å². The van der Waals surface area contributed by atoms with Crippen LogP contribution >= 0.6 is 0 Å². The van der Waals surface area contributed by atoms with Crippen LogP contribution in [0.5, 0.6) is 0 Å². The van der Waals surface area contributed by atoms with Crippen LogP contribution in [0.2, 0.25) is 0 Å². The first-order valence-corrected chi connectivity index (χ1v) is 4.90. The average Bonchev–Trinajstić information content (AvgIpc) is 2.30. The Morgan fingerprint density at radius 1 is 1.00 bits per heavy atom. The van der Waals surface area contributed by atoms with Crippen LogP contribution in [-0.4, -0.2) is 42.2 Å². The van der Waals surface area contributed by atoms with Crippen molar-refractivity contribution in [3.63, 3.8) is 0 Å². The van der Waals surface area contributed by atoms with Gasteiger partial charge in [0.1, 0.15) is 0 Å². The van der Waals surface area contributed by atoms with E-state index in [1.807, 2.05) is 0 Å². The first-order chi connectivity index (χ1) is 8.88. The predicted molar refractivity (Wildman–Crippen MR) is 50.1 cm³/mol. The second-order valence-electron chi connectivity index (χ2n) is 3.16. The quantitative estimate of drug-likeness (QED) is 0.491. The number of carbonyl (C=O) groups excluding carboxylic acids is 2. The number of alkyl halides is 7. The van der Waals surface area contributed by atoms with E-state index in [0.717, 1.165) is 7.11 Å². The third-order valence-corrected chi connectivity index (χ3v) is 1.67. The van der Waals surface area contributed by atoms with Crippen LogP contribution in [0, 0.1) is 0 Å². The predicted octanol–water partition coefficient (Wildman–Crippen LogP) is 2.30. The fourth-order valence-electron chi connectivity index (χ4n) is 0.729. The van der Waals surface area contributed by atoms with Gasteiger partial charge in [-0.15, -0.1) is 0 Å². The summed E-state index contributed by atoms with van der Waals surface area (Å²) in [6, 6.07) is 0. The molecule has 120 valence electrons. The maximum Gasteiger partial charge on any atom is 0.460 e. The molecule has 0 aromatic rings. The lowest BCUT2D eigenvalue weighted by molar-refractivity contribution is -0.347. The highest BCUT2D eigenvalue weighted by molar-refractivity contribution is 5.90. The lowest BCUT2D eigenvalue weighted by Crippen LogP contribution is -2.56. The second-order valence-corrected chi connectivity index (χ2v) is 3.16. The molecule has 0 aliphatic rings. The van der Waals surface area contributed by atoms with Crippen molar-refractivity contribution in [2.75, 3.05) is 7.11 Å². The first-order valence-electron chi connectivity index (χ1n) is 4.90. The fourth-order valence-corrected chi connectivity index (χ4v) is 0.729. The average molecular weight is 316 g/mol. The molecule has 4 nitrogen and oxygen atoms in total. The van der Waals surface area contributed by atoms with Gasteiger partial charge in [-0.3, -0.25) is 4.79 Å². The molecule has 0 unspecified atom stereocenters. The van der Waals surface area contributed by atoms with E-state index < -0.39 is 36.4 Å². The zero-order chi connectivity index (χ0) is 16.8. The van der Waals surface area contributed by atoms with Crippen molar-refractivity contribution < 1.29 is 50.2 Å². The van der Waals surface area contributed by atoms with Crippen molar-refractivity contribution in [3.8, 4) is 0 Å². The maximum absolute atomic E-state index is 12.6. The number of carbonyl (C=O) groups is 2. The number of esters is 2. The summed E-state index contributed by atoms with van der Waals surface area (Å²) in [5.41, 5.74) is 0. The van der Waals surface area contributed by atoms with Gasteiger partial charge < -0.3 is 9.84 Å². The summed E-state index contributed by atoms with van der Waals surface area (Å²) in [6.07, 6.45) is -7.18. The normalized spacial score (nSPS) is 12.3. The van der Waals surface area contributed by atoms with Crippen molar-refractivity contribution in [1.82, 2.24) is 0 Å². The third kappa shape index (κ3) is 4.62. The highest BCUT2D eigenvalue weighted by Gasteiger charge is 2.77. The molecule has 20 heavy (non-hydrogen) atoms. The van der Waals surface area contributed by atoms with E-state index in [0.29, 0.717) is 0 Å². The Kier molecular flexibility index (Phi) is 7.75. The standard InChI is InChI=1S/C8H7F7O3.CH4O/c1-2-3-4(16)18-5(17)6(9,10)7(11,12)8(13,14)15;1-2/h2-3H2,1H3;2H,1H3. The van der Waals surface area contributed by atoms with Crippen LogP contribution in [0.4, 0.5) is 30.7 Å². The van der Waals surface area contributed by atoms with E-state index in [2.05, 4.69) is 4.74 Å². The molecule has 0 aliphatic carbocycles. The third-order valence-electron chi connectivity index (χ3n) is 1.67. The molecule has 0 rings (SSSR count). The fraction of sp³-hybridized carbons (Fsp3) is 0.778. The molecule has 0 spiro atoms. The summed E-state index contributed by atoms with van der Waals surface area (Å²) in [4.78, 5) is 21.0. The SMILES string of the molecule is CCCC(=O)OC(=O)C(F)(F)C(F)(F)C(F)(F)F.CO. The summed E-state index contributed by atoms with van der Waals surface area (Å²) >= 11 is 0. The molecule has 0 radical (unpaired) electrons. The van der Waals surface area contributed by atoms with Crippen LogP contribution in [-0.2, 0) is 14.3 Å². The van der Waals surface area contributed by atoms with Gasteiger partial charge in [0, 0.05) is 13.5 Å². The maximum atomic E-state index is 12.6. The van der Waals surface area contributed by atoms with Gasteiger partial charge in [-0.05, 0) is 6.42 Å². The topological polar surface area (TPSA) is 63.6 Å². The minimum atomic E-state index is -6.65. The van der Waals surface area contributed by atoms with Gasteiger partial charge in [0.15, 0.2) is 0 Å². The number of ether oxygens (including phenoxy) is 1. The van der Waals surface area contributed by atoms with Crippen LogP contribution in [0.3, 0.4) is 0 Å². The number of hydrogen-bond donors (Lipinski definition) is 1. The molecule has 0 saturated carbocycles. The number of rotatable bonds is 4. The molecular formula is C9H11F7O4. The molecular weight excluding hydrogens is 305 g/mol. The summed E-state index contributed by atoms with van der Waals surface area (Å²) in [6.45, 7) is 1.37. The van der Waals surface area contributed by atoms with Gasteiger partial charge >= 0.3 is 30.0 Å². The lowest BCUT2D eigenvalue weighted by Gasteiger charge is -2.25. The van der Waals surface area contributed by atoms with Gasteiger partial charge in [-0.2, -0.15) is 30.7 Å². The van der Waals surface area contributed by atoms with Crippen molar-refractivity contribution in [2.45, 2.75) is 37.8 Å².